The lowest BCUT2D eigenvalue weighted by Crippen LogP contribution is -2.13. The van der Waals surface area contributed by atoms with Crippen LogP contribution in [0, 0.1) is 0 Å². The molecule has 0 N–H and O–H groups in total. The molecule has 1 heterocycles. The molecule has 1 rings (SSSR count). The largest absolute Gasteiger partial charge is 0.376 e. The van der Waals surface area contributed by atoms with Gasteiger partial charge in [-0.2, -0.15) is 0 Å². The third-order valence-corrected chi connectivity index (χ3v) is 1.56. The number of hydrogen-bond acceptors (Lipinski definition) is 2. The number of ether oxygens (including phenoxy) is 2. The molecule has 1 atom stereocenters. The quantitative estimate of drug-likeness (QED) is 0.436. The zero-order valence-corrected chi connectivity index (χ0v) is 6.21. The van der Waals surface area contributed by atoms with Crippen molar-refractivity contribution in [3.63, 3.8) is 0 Å². The highest BCUT2D eigenvalue weighted by Crippen LogP contribution is 2.11. The molecule has 10 heavy (non-hydrogen) atoms. The summed E-state index contributed by atoms with van der Waals surface area (Å²) in [7, 11) is 0. The van der Waals surface area contributed by atoms with Crippen LogP contribution in [-0.4, -0.2) is 25.9 Å². The van der Waals surface area contributed by atoms with E-state index in [2.05, 4.69) is 6.58 Å². The van der Waals surface area contributed by atoms with E-state index >= 15 is 0 Å². The predicted molar refractivity (Wildman–Crippen MR) is 40.0 cm³/mol. The first-order valence-corrected chi connectivity index (χ1v) is 3.73. The van der Waals surface area contributed by atoms with E-state index in [0.29, 0.717) is 12.7 Å². The van der Waals surface area contributed by atoms with Gasteiger partial charge in [0.1, 0.15) is 0 Å². The molecular weight excluding hydrogens is 128 g/mol. The minimum Gasteiger partial charge on any atom is -0.376 e. The SMILES string of the molecule is C=CCOC[C@H]1CCCO1. The zero-order valence-electron chi connectivity index (χ0n) is 6.21. The molecular formula is C8H14O2. The minimum atomic E-state index is 0.347. The Morgan fingerprint density at radius 1 is 1.70 bits per heavy atom. The van der Waals surface area contributed by atoms with Gasteiger partial charge in [-0.15, -0.1) is 6.58 Å². The maximum absolute atomic E-state index is 5.34. The second-order valence-electron chi connectivity index (χ2n) is 2.46. The Kier molecular flexibility index (Phi) is 3.47. The molecule has 2 heteroatoms. The predicted octanol–water partition coefficient (Wildman–Crippen LogP) is 1.37. The fourth-order valence-electron chi connectivity index (χ4n) is 1.06. The molecule has 0 saturated carbocycles. The fourth-order valence-corrected chi connectivity index (χ4v) is 1.06. The Morgan fingerprint density at radius 2 is 2.60 bits per heavy atom. The van der Waals surface area contributed by atoms with Gasteiger partial charge in [0.15, 0.2) is 0 Å². The highest BCUT2D eigenvalue weighted by atomic mass is 16.5. The van der Waals surface area contributed by atoms with Crippen molar-refractivity contribution in [2.45, 2.75) is 18.9 Å². The summed E-state index contributed by atoms with van der Waals surface area (Å²) in [4.78, 5) is 0. The Labute approximate surface area is 61.8 Å². The summed E-state index contributed by atoms with van der Waals surface area (Å²) in [6.07, 6.45) is 4.44. The van der Waals surface area contributed by atoms with Crippen molar-refractivity contribution in [1.82, 2.24) is 0 Å². The lowest BCUT2D eigenvalue weighted by Gasteiger charge is -2.07. The van der Waals surface area contributed by atoms with E-state index in [4.69, 9.17) is 9.47 Å². The summed E-state index contributed by atoms with van der Waals surface area (Å²) in [6, 6.07) is 0. The molecule has 0 aromatic rings. The van der Waals surface area contributed by atoms with Gasteiger partial charge in [0.05, 0.1) is 19.3 Å². The van der Waals surface area contributed by atoms with Crippen molar-refractivity contribution >= 4 is 0 Å². The molecule has 0 spiro atoms. The van der Waals surface area contributed by atoms with Gasteiger partial charge in [-0.3, -0.25) is 0 Å². The van der Waals surface area contributed by atoms with Crippen LogP contribution in [0.5, 0.6) is 0 Å². The molecule has 0 radical (unpaired) electrons. The average molecular weight is 142 g/mol. The van der Waals surface area contributed by atoms with Gasteiger partial charge in [-0.05, 0) is 12.8 Å². The molecule has 1 saturated heterocycles. The molecule has 1 aliphatic rings. The highest BCUT2D eigenvalue weighted by Gasteiger charge is 2.14. The Hall–Kier alpha value is -0.340. The Balaban J connectivity index is 1.96. The van der Waals surface area contributed by atoms with E-state index in [1.165, 1.54) is 6.42 Å². The van der Waals surface area contributed by atoms with Gasteiger partial charge in [-0.1, -0.05) is 6.08 Å². The lowest BCUT2D eigenvalue weighted by molar-refractivity contribution is 0.0267. The maximum Gasteiger partial charge on any atom is 0.0809 e. The van der Waals surface area contributed by atoms with Crippen LogP contribution in [0.3, 0.4) is 0 Å². The molecule has 0 aromatic carbocycles. The monoisotopic (exact) mass is 142 g/mol. The lowest BCUT2D eigenvalue weighted by atomic mass is 10.2. The maximum atomic E-state index is 5.34. The van der Waals surface area contributed by atoms with Crippen LogP contribution in [0.2, 0.25) is 0 Å². The summed E-state index contributed by atoms with van der Waals surface area (Å²) >= 11 is 0. The molecule has 1 aliphatic heterocycles. The fraction of sp³-hybridized carbons (Fsp3) is 0.750. The van der Waals surface area contributed by atoms with Crippen molar-refractivity contribution in [3.05, 3.63) is 12.7 Å². The van der Waals surface area contributed by atoms with Gasteiger partial charge in [0, 0.05) is 6.61 Å². The summed E-state index contributed by atoms with van der Waals surface area (Å²) in [5, 5.41) is 0. The normalized spacial score (nSPS) is 25.0. The van der Waals surface area contributed by atoms with Crippen LogP contribution in [0.1, 0.15) is 12.8 Å². The van der Waals surface area contributed by atoms with E-state index in [0.717, 1.165) is 19.6 Å². The second kappa shape index (κ2) is 4.47. The van der Waals surface area contributed by atoms with Crippen molar-refractivity contribution in [1.29, 1.82) is 0 Å². The molecule has 1 fully saturated rings. The Bertz CT molecular complexity index is 95.4. The highest BCUT2D eigenvalue weighted by molar-refractivity contribution is 4.67. The van der Waals surface area contributed by atoms with Gasteiger partial charge in [0.2, 0.25) is 0 Å². The molecule has 0 bridgehead atoms. The van der Waals surface area contributed by atoms with E-state index < -0.39 is 0 Å². The van der Waals surface area contributed by atoms with Crippen molar-refractivity contribution in [2.24, 2.45) is 0 Å². The third kappa shape index (κ3) is 2.50. The van der Waals surface area contributed by atoms with E-state index in [9.17, 15) is 0 Å². The van der Waals surface area contributed by atoms with E-state index in [1.807, 2.05) is 0 Å². The first-order chi connectivity index (χ1) is 4.93. The number of hydrogen-bond donors (Lipinski definition) is 0. The molecule has 0 amide bonds. The third-order valence-electron chi connectivity index (χ3n) is 1.56. The summed E-state index contributed by atoms with van der Waals surface area (Å²) < 4.78 is 10.6. The molecule has 2 nitrogen and oxygen atoms in total. The Morgan fingerprint density at radius 3 is 3.20 bits per heavy atom. The first-order valence-electron chi connectivity index (χ1n) is 3.73. The van der Waals surface area contributed by atoms with Crippen LogP contribution in [-0.2, 0) is 9.47 Å². The van der Waals surface area contributed by atoms with Gasteiger partial charge < -0.3 is 9.47 Å². The summed E-state index contributed by atoms with van der Waals surface area (Å²) in [5.74, 6) is 0. The number of rotatable bonds is 4. The van der Waals surface area contributed by atoms with Crippen molar-refractivity contribution in [2.75, 3.05) is 19.8 Å². The summed E-state index contributed by atoms with van der Waals surface area (Å²) in [6.45, 7) is 5.83. The minimum absolute atomic E-state index is 0.347. The zero-order chi connectivity index (χ0) is 7.23. The van der Waals surface area contributed by atoms with Crippen LogP contribution in [0.25, 0.3) is 0 Å². The van der Waals surface area contributed by atoms with Crippen LogP contribution in [0.4, 0.5) is 0 Å². The van der Waals surface area contributed by atoms with Crippen LogP contribution >= 0.6 is 0 Å². The van der Waals surface area contributed by atoms with Crippen molar-refractivity contribution in [3.8, 4) is 0 Å². The molecule has 58 valence electrons. The molecule has 0 aromatic heterocycles. The van der Waals surface area contributed by atoms with Crippen molar-refractivity contribution < 1.29 is 9.47 Å². The van der Waals surface area contributed by atoms with Gasteiger partial charge >= 0.3 is 0 Å². The molecule has 0 aliphatic carbocycles. The van der Waals surface area contributed by atoms with Gasteiger partial charge in [0.25, 0.3) is 0 Å². The van der Waals surface area contributed by atoms with Gasteiger partial charge in [-0.25, -0.2) is 0 Å². The molecule has 0 unspecified atom stereocenters. The summed E-state index contributed by atoms with van der Waals surface area (Å²) in [5.41, 5.74) is 0. The van der Waals surface area contributed by atoms with Crippen LogP contribution < -0.4 is 0 Å². The average Bonchev–Trinajstić information content (AvgIpc) is 2.41. The smallest absolute Gasteiger partial charge is 0.0809 e. The first kappa shape index (κ1) is 7.76. The van der Waals surface area contributed by atoms with E-state index in [-0.39, 0.29) is 0 Å². The standard InChI is InChI=1S/C8H14O2/c1-2-5-9-7-8-4-3-6-10-8/h2,8H,1,3-7H2/t8-/m1/s1. The van der Waals surface area contributed by atoms with Crippen LogP contribution in [0.15, 0.2) is 12.7 Å². The van der Waals surface area contributed by atoms with E-state index in [1.54, 1.807) is 6.08 Å². The topological polar surface area (TPSA) is 18.5 Å². The second-order valence-corrected chi connectivity index (χ2v) is 2.46.